The first-order chi connectivity index (χ1) is 32.2. The third-order valence-electron chi connectivity index (χ3n) is 13.0. The Balaban J connectivity index is 0.000000347. The minimum absolute atomic E-state index is 1.25. The van der Waals surface area contributed by atoms with E-state index in [0.717, 1.165) is 0 Å². The maximum atomic E-state index is 2.41. The molecule has 66 heavy (non-hydrogen) atoms. The highest BCUT2D eigenvalue weighted by atomic mass is 14.2. The predicted molar refractivity (Wildman–Crippen MR) is 294 cm³/mol. The van der Waals surface area contributed by atoms with Gasteiger partial charge in [-0.15, -0.1) is 0 Å². The highest BCUT2D eigenvalue weighted by Gasteiger charge is 2.20. The smallest absolute Gasteiger partial charge is 0.00262 e. The first-order valence-corrected chi connectivity index (χ1v) is 24.4. The molecule has 0 amide bonds. The van der Waals surface area contributed by atoms with E-state index < -0.39 is 0 Å². The Morgan fingerprint density at radius 1 is 0.273 bits per heavy atom. The van der Waals surface area contributed by atoms with Crippen LogP contribution < -0.4 is 0 Å². The molecule has 10 rings (SSSR count). The maximum Gasteiger partial charge on any atom is -0.00262 e. The number of hydrogen-bond donors (Lipinski definition) is 0. The van der Waals surface area contributed by atoms with Crippen LogP contribution in [0.3, 0.4) is 0 Å². The Morgan fingerprint density at radius 3 is 1.14 bits per heavy atom. The molecule has 0 spiro atoms. The van der Waals surface area contributed by atoms with E-state index in [1.54, 1.807) is 0 Å². The molecule has 10 aromatic rings. The van der Waals surface area contributed by atoms with Gasteiger partial charge < -0.3 is 0 Å². The van der Waals surface area contributed by atoms with Crippen molar-refractivity contribution < 1.29 is 0 Å². The first kappa shape index (κ1) is 47.2. The van der Waals surface area contributed by atoms with Crippen molar-refractivity contribution in [3.05, 3.63) is 216 Å². The van der Waals surface area contributed by atoms with Crippen LogP contribution in [-0.4, -0.2) is 0 Å². The molecule has 0 aliphatic heterocycles. The average molecular weight is 861 g/mol. The van der Waals surface area contributed by atoms with E-state index in [1.165, 1.54) is 148 Å². The molecule has 0 nitrogen and oxygen atoms in total. The molecule has 0 heteroatoms. The first-order valence-electron chi connectivity index (χ1n) is 24.4. The Bertz CT molecular complexity index is 3140. The van der Waals surface area contributed by atoms with E-state index in [0.29, 0.717) is 0 Å². The van der Waals surface area contributed by atoms with Gasteiger partial charge in [0.05, 0.1) is 0 Å². The Kier molecular flexibility index (Phi) is 16.0. The summed E-state index contributed by atoms with van der Waals surface area (Å²) in [5.41, 5.74) is 16.8. The quantitative estimate of drug-likeness (QED) is 0.111. The standard InChI is InChI=1S/C50H38.C7H8.C5H12.C4H10/c1-31-15-5-6-16-37(31)47-30-36(26-25-32(47)2)50-45-23-13-11-21-43(45)49(44-22-12-14-24-46(44)50)35-27-28-38(33(3)29-35)48-34(4)39-17-7-8-18-40(39)41-19-9-10-20-42(41)48;1-7-5-3-2-4-6-7;1-3-5-4-2;1-3-4-2/h5-30H,1-4H3;2-6H,1H3;3-5H2,1-2H3;3-4H2,1-2H3. The number of hydrogen-bond acceptors (Lipinski definition) is 0. The van der Waals surface area contributed by atoms with Crippen molar-refractivity contribution in [3.8, 4) is 44.5 Å². The molecule has 0 radical (unpaired) electrons. The molecule has 0 atom stereocenters. The summed E-state index contributed by atoms with van der Waals surface area (Å²) in [4.78, 5) is 0. The van der Waals surface area contributed by atoms with E-state index >= 15 is 0 Å². The lowest BCUT2D eigenvalue weighted by atomic mass is 9.83. The van der Waals surface area contributed by atoms with Crippen LogP contribution in [0.15, 0.2) is 188 Å². The van der Waals surface area contributed by atoms with E-state index in [1.807, 2.05) is 18.2 Å². The van der Waals surface area contributed by atoms with Gasteiger partial charge in [0, 0.05) is 0 Å². The van der Waals surface area contributed by atoms with Crippen LogP contribution >= 0.6 is 0 Å². The molecule has 0 heterocycles. The van der Waals surface area contributed by atoms with E-state index in [9.17, 15) is 0 Å². The van der Waals surface area contributed by atoms with Crippen LogP contribution in [0.2, 0.25) is 0 Å². The van der Waals surface area contributed by atoms with Gasteiger partial charge in [0.15, 0.2) is 0 Å². The molecule has 0 saturated carbocycles. The van der Waals surface area contributed by atoms with E-state index in [4.69, 9.17) is 0 Å². The molecule has 0 N–H and O–H groups in total. The normalized spacial score (nSPS) is 10.8. The highest BCUT2D eigenvalue weighted by molar-refractivity contribution is 6.22. The molecular weight excluding hydrogens is 793 g/mol. The summed E-state index contributed by atoms with van der Waals surface area (Å²) < 4.78 is 0. The zero-order valence-electron chi connectivity index (χ0n) is 40.9. The molecule has 0 bridgehead atoms. The van der Waals surface area contributed by atoms with Crippen molar-refractivity contribution in [2.45, 2.75) is 94.4 Å². The average Bonchev–Trinajstić information content (AvgIpc) is 3.35. The lowest BCUT2D eigenvalue weighted by Crippen LogP contribution is -1.95. The number of unbranched alkanes of at least 4 members (excludes halogenated alkanes) is 3. The molecule has 0 saturated heterocycles. The maximum absolute atomic E-state index is 2.41. The topological polar surface area (TPSA) is 0 Å². The largest absolute Gasteiger partial charge is 0.0654 e. The monoisotopic (exact) mass is 861 g/mol. The van der Waals surface area contributed by atoms with Crippen molar-refractivity contribution >= 4 is 43.1 Å². The number of fused-ring (bicyclic) bond motifs is 5. The Labute approximate surface area is 396 Å². The summed E-state index contributed by atoms with van der Waals surface area (Å²) in [6, 6.07) is 68.8. The third kappa shape index (κ3) is 10.2. The molecule has 0 unspecified atom stereocenters. The third-order valence-corrected chi connectivity index (χ3v) is 13.0. The van der Waals surface area contributed by atoms with Gasteiger partial charge in [0.2, 0.25) is 0 Å². The fraction of sp³-hybridized carbons (Fsp3) is 0.212. The molecule has 10 aromatic carbocycles. The minimum Gasteiger partial charge on any atom is -0.0654 e. The van der Waals surface area contributed by atoms with E-state index in [2.05, 4.69) is 232 Å². The van der Waals surface area contributed by atoms with Gasteiger partial charge in [-0.1, -0.05) is 247 Å². The van der Waals surface area contributed by atoms with Gasteiger partial charge in [-0.3, -0.25) is 0 Å². The van der Waals surface area contributed by atoms with Crippen LogP contribution in [0, 0.1) is 34.6 Å². The van der Waals surface area contributed by atoms with Gasteiger partial charge in [0.25, 0.3) is 0 Å². The second kappa shape index (κ2) is 22.4. The van der Waals surface area contributed by atoms with Gasteiger partial charge >= 0.3 is 0 Å². The zero-order valence-corrected chi connectivity index (χ0v) is 40.9. The van der Waals surface area contributed by atoms with Crippen LogP contribution in [0.25, 0.3) is 87.6 Å². The number of rotatable bonds is 7. The van der Waals surface area contributed by atoms with E-state index in [-0.39, 0.29) is 0 Å². The van der Waals surface area contributed by atoms with Crippen molar-refractivity contribution in [2.24, 2.45) is 0 Å². The van der Waals surface area contributed by atoms with Gasteiger partial charge in [-0.25, -0.2) is 0 Å². The molecule has 0 aromatic heterocycles. The predicted octanol–water partition coefficient (Wildman–Crippen LogP) is 20.2. The van der Waals surface area contributed by atoms with Crippen molar-refractivity contribution in [1.82, 2.24) is 0 Å². The zero-order chi connectivity index (χ0) is 46.6. The summed E-state index contributed by atoms with van der Waals surface area (Å²) in [6.07, 6.45) is 6.72. The summed E-state index contributed by atoms with van der Waals surface area (Å²) >= 11 is 0. The molecule has 332 valence electrons. The second-order valence-corrected chi connectivity index (χ2v) is 17.8. The fourth-order valence-electron chi connectivity index (χ4n) is 9.35. The van der Waals surface area contributed by atoms with Crippen molar-refractivity contribution in [3.63, 3.8) is 0 Å². The van der Waals surface area contributed by atoms with Crippen molar-refractivity contribution in [1.29, 1.82) is 0 Å². The van der Waals surface area contributed by atoms with Crippen LogP contribution in [0.5, 0.6) is 0 Å². The lowest BCUT2D eigenvalue weighted by Gasteiger charge is -2.20. The highest BCUT2D eigenvalue weighted by Crippen LogP contribution is 2.46. The summed E-state index contributed by atoms with van der Waals surface area (Å²) in [6.45, 7) is 19.9. The Morgan fingerprint density at radius 2 is 0.682 bits per heavy atom. The fourth-order valence-corrected chi connectivity index (χ4v) is 9.35. The summed E-state index contributed by atoms with van der Waals surface area (Å²) in [7, 11) is 0. The molecule has 0 aliphatic rings. The number of benzene rings is 10. The van der Waals surface area contributed by atoms with Gasteiger partial charge in [-0.2, -0.15) is 0 Å². The molecule has 0 aliphatic carbocycles. The lowest BCUT2D eigenvalue weighted by molar-refractivity contribution is 0.772. The van der Waals surface area contributed by atoms with Crippen LogP contribution in [0.4, 0.5) is 0 Å². The van der Waals surface area contributed by atoms with Gasteiger partial charge in [0.1, 0.15) is 0 Å². The van der Waals surface area contributed by atoms with Crippen LogP contribution in [0.1, 0.15) is 87.6 Å². The molecule has 0 fully saturated rings. The summed E-state index contributed by atoms with van der Waals surface area (Å²) in [5.74, 6) is 0. The SMILES string of the molecule is CCCC.CCCCC.Cc1ccccc1.Cc1ccccc1-c1cc(-c2c3ccccc3c(-c3ccc(-c4c(C)c5ccccc5c5ccccc45)c(C)c3)c3ccccc23)ccc1C. The second-order valence-electron chi connectivity index (χ2n) is 17.8. The summed E-state index contributed by atoms with van der Waals surface area (Å²) in [5, 5.41) is 10.4. The number of aryl methyl sites for hydroxylation is 5. The van der Waals surface area contributed by atoms with Gasteiger partial charge in [-0.05, 0) is 151 Å². The Hall–Kier alpha value is -6.76. The van der Waals surface area contributed by atoms with Crippen LogP contribution in [-0.2, 0) is 0 Å². The minimum atomic E-state index is 1.25. The van der Waals surface area contributed by atoms with Crippen molar-refractivity contribution in [2.75, 3.05) is 0 Å². The molecular formula is C66H68.